The highest BCUT2D eigenvalue weighted by atomic mass is 16.6. The summed E-state index contributed by atoms with van der Waals surface area (Å²) in [6.45, 7) is 5.38. The Hall–Kier alpha value is -2.35. The summed E-state index contributed by atoms with van der Waals surface area (Å²) >= 11 is 0. The lowest BCUT2D eigenvalue weighted by molar-refractivity contribution is -0.384. The second-order valence-electron chi connectivity index (χ2n) is 4.70. The number of non-ortho nitro benzene ring substituents is 1. The minimum atomic E-state index is -0.523. The normalized spacial score (nSPS) is 11.8. The van der Waals surface area contributed by atoms with Crippen molar-refractivity contribution in [2.45, 2.75) is 32.9 Å². The van der Waals surface area contributed by atoms with Crippen LogP contribution in [0.25, 0.3) is 0 Å². The van der Waals surface area contributed by atoms with Crippen LogP contribution >= 0.6 is 0 Å². The van der Waals surface area contributed by atoms with Crippen LogP contribution in [0, 0.1) is 10.1 Å². The number of carbonyl (C=O) groups excluding carboxylic acids is 1. The fourth-order valence-electron chi connectivity index (χ4n) is 1.61. The lowest BCUT2D eigenvalue weighted by atomic mass is 10.2. The molecule has 110 valence electrons. The Morgan fingerprint density at radius 1 is 1.25 bits per heavy atom. The minimum absolute atomic E-state index is 0.0260. The average Bonchev–Trinajstić information content (AvgIpc) is 2.37. The van der Waals surface area contributed by atoms with Crippen molar-refractivity contribution in [3.63, 3.8) is 0 Å². The highest BCUT2D eigenvalue weighted by Crippen LogP contribution is 2.24. The van der Waals surface area contributed by atoms with Crippen LogP contribution in [-0.4, -0.2) is 22.9 Å². The Kier molecular flexibility index (Phi) is 5.27. The van der Waals surface area contributed by atoms with Crippen molar-refractivity contribution in [2.75, 3.05) is 10.7 Å². The topological polar surface area (TPSA) is 122 Å². The van der Waals surface area contributed by atoms with Crippen LogP contribution in [0.15, 0.2) is 18.2 Å². The summed E-state index contributed by atoms with van der Waals surface area (Å²) in [4.78, 5) is 22.1. The number of rotatable bonds is 6. The highest BCUT2D eigenvalue weighted by molar-refractivity contribution is 5.84. The zero-order valence-electron chi connectivity index (χ0n) is 11.6. The lowest BCUT2D eigenvalue weighted by Crippen LogP contribution is -2.40. The van der Waals surface area contributed by atoms with E-state index in [2.05, 4.69) is 16.1 Å². The third kappa shape index (κ3) is 4.39. The molecule has 0 bridgehead atoms. The van der Waals surface area contributed by atoms with Crippen molar-refractivity contribution >= 4 is 23.0 Å². The molecule has 0 aromatic heterocycles. The fraction of sp³-hybridized carbons (Fsp3) is 0.417. The molecule has 1 rings (SSSR count). The van der Waals surface area contributed by atoms with Gasteiger partial charge in [0.2, 0.25) is 5.91 Å². The van der Waals surface area contributed by atoms with Gasteiger partial charge in [0.25, 0.3) is 5.69 Å². The van der Waals surface area contributed by atoms with E-state index in [1.807, 2.05) is 13.8 Å². The summed E-state index contributed by atoms with van der Waals surface area (Å²) in [5.74, 6) is 5.08. The molecule has 8 heteroatoms. The van der Waals surface area contributed by atoms with E-state index in [0.29, 0.717) is 11.4 Å². The number of carbonyl (C=O) groups is 1. The van der Waals surface area contributed by atoms with Crippen LogP contribution in [0.2, 0.25) is 0 Å². The molecule has 1 unspecified atom stereocenters. The van der Waals surface area contributed by atoms with E-state index < -0.39 is 11.0 Å². The van der Waals surface area contributed by atoms with E-state index in [1.54, 1.807) is 13.0 Å². The Morgan fingerprint density at radius 3 is 2.35 bits per heavy atom. The van der Waals surface area contributed by atoms with Gasteiger partial charge in [0.05, 0.1) is 10.6 Å². The van der Waals surface area contributed by atoms with Gasteiger partial charge in [-0.25, -0.2) is 0 Å². The van der Waals surface area contributed by atoms with Crippen molar-refractivity contribution in [3.05, 3.63) is 28.3 Å². The zero-order chi connectivity index (χ0) is 15.3. The van der Waals surface area contributed by atoms with Crippen LogP contribution < -0.4 is 21.9 Å². The maximum atomic E-state index is 11.8. The molecule has 0 fully saturated rings. The van der Waals surface area contributed by atoms with Crippen LogP contribution in [0.4, 0.5) is 17.1 Å². The van der Waals surface area contributed by atoms with Gasteiger partial charge >= 0.3 is 0 Å². The first-order chi connectivity index (χ1) is 9.33. The second-order valence-corrected chi connectivity index (χ2v) is 4.70. The molecule has 0 saturated heterocycles. The van der Waals surface area contributed by atoms with E-state index in [9.17, 15) is 14.9 Å². The Balaban J connectivity index is 2.88. The number of hydrogen-bond donors (Lipinski definition) is 4. The van der Waals surface area contributed by atoms with E-state index in [-0.39, 0.29) is 17.6 Å². The summed E-state index contributed by atoms with van der Waals surface area (Å²) in [5.41, 5.74) is 3.07. The monoisotopic (exact) mass is 281 g/mol. The Labute approximate surface area is 116 Å². The number of nitrogens with two attached hydrogens (primary N) is 1. The van der Waals surface area contributed by atoms with Gasteiger partial charge in [-0.1, -0.05) is 0 Å². The molecule has 20 heavy (non-hydrogen) atoms. The van der Waals surface area contributed by atoms with Gasteiger partial charge < -0.3 is 16.1 Å². The van der Waals surface area contributed by atoms with Gasteiger partial charge in [-0.05, 0) is 26.8 Å². The molecule has 0 radical (unpaired) electrons. The molecular weight excluding hydrogens is 262 g/mol. The Morgan fingerprint density at radius 2 is 1.85 bits per heavy atom. The van der Waals surface area contributed by atoms with Crippen molar-refractivity contribution in [1.29, 1.82) is 0 Å². The maximum Gasteiger partial charge on any atom is 0.273 e. The number of amides is 1. The number of hydrogen-bond acceptors (Lipinski definition) is 6. The Bertz CT molecular complexity index is 504. The van der Waals surface area contributed by atoms with Crippen molar-refractivity contribution < 1.29 is 9.72 Å². The highest BCUT2D eigenvalue weighted by Gasteiger charge is 2.16. The van der Waals surface area contributed by atoms with Gasteiger partial charge in [-0.3, -0.25) is 20.8 Å². The maximum absolute atomic E-state index is 11.8. The molecular formula is C12H19N5O3. The molecule has 0 heterocycles. The molecule has 0 aliphatic carbocycles. The first-order valence-electron chi connectivity index (χ1n) is 6.16. The smallest absolute Gasteiger partial charge is 0.273 e. The number of nitrogens with zero attached hydrogens (tertiary/aromatic N) is 1. The summed E-state index contributed by atoms with van der Waals surface area (Å²) in [6.07, 6.45) is 0. The van der Waals surface area contributed by atoms with E-state index >= 15 is 0 Å². The number of nitro benzene ring substituents is 1. The van der Waals surface area contributed by atoms with Crippen LogP contribution in [0.5, 0.6) is 0 Å². The van der Waals surface area contributed by atoms with Gasteiger partial charge in [0.1, 0.15) is 6.04 Å². The first-order valence-corrected chi connectivity index (χ1v) is 6.16. The molecule has 8 nitrogen and oxygen atoms in total. The first kappa shape index (κ1) is 15.7. The molecule has 1 aromatic rings. The van der Waals surface area contributed by atoms with Crippen molar-refractivity contribution in [3.8, 4) is 0 Å². The molecule has 1 atom stereocenters. The summed E-state index contributed by atoms with van der Waals surface area (Å²) in [7, 11) is 0. The molecule has 0 spiro atoms. The van der Waals surface area contributed by atoms with Crippen LogP contribution in [0.3, 0.4) is 0 Å². The molecule has 0 saturated carbocycles. The van der Waals surface area contributed by atoms with Crippen LogP contribution in [-0.2, 0) is 4.79 Å². The molecule has 0 aliphatic heterocycles. The van der Waals surface area contributed by atoms with E-state index in [4.69, 9.17) is 5.84 Å². The number of benzene rings is 1. The summed E-state index contributed by atoms with van der Waals surface area (Å²) in [5, 5.41) is 16.5. The second kappa shape index (κ2) is 6.71. The molecule has 5 N–H and O–H groups in total. The third-order valence-corrected chi connectivity index (χ3v) is 2.50. The number of nitrogen functional groups attached to an aromatic ring is 1. The largest absolute Gasteiger partial charge is 0.374 e. The summed E-state index contributed by atoms with van der Waals surface area (Å²) in [6, 6.07) is 3.75. The van der Waals surface area contributed by atoms with Gasteiger partial charge in [-0.2, -0.15) is 0 Å². The summed E-state index contributed by atoms with van der Waals surface area (Å²) < 4.78 is 0. The minimum Gasteiger partial charge on any atom is -0.374 e. The number of hydrazine groups is 1. The average molecular weight is 281 g/mol. The predicted molar refractivity (Wildman–Crippen MR) is 77.3 cm³/mol. The van der Waals surface area contributed by atoms with E-state index in [0.717, 1.165) is 0 Å². The molecule has 0 aliphatic rings. The quantitative estimate of drug-likeness (QED) is 0.353. The third-order valence-electron chi connectivity index (χ3n) is 2.50. The van der Waals surface area contributed by atoms with Crippen molar-refractivity contribution in [1.82, 2.24) is 5.32 Å². The zero-order valence-corrected chi connectivity index (χ0v) is 11.6. The standard InChI is InChI=1S/C12H19N5O3/c1-7(2)14-12(18)8(3)15-9-4-10(16-13)6-11(5-9)17(19)20/h4-8,15-16H,13H2,1-3H3,(H,14,18). The molecule has 1 amide bonds. The SMILES string of the molecule is CC(C)NC(=O)C(C)Nc1cc(NN)cc([N+](=O)[O-])c1. The number of nitrogens with one attached hydrogen (secondary N) is 3. The number of nitro groups is 1. The molecule has 1 aromatic carbocycles. The fourth-order valence-corrected chi connectivity index (χ4v) is 1.61. The van der Waals surface area contributed by atoms with Gasteiger partial charge in [0.15, 0.2) is 0 Å². The van der Waals surface area contributed by atoms with E-state index in [1.165, 1.54) is 12.1 Å². The number of anilines is 2. The van der Waals surface area contributed by atoms with Crippen molar-refractivity contribution in [2.24, 2.45) is 5.84 Å². The lowest BCUT2D eigenvalue weighted by Gasteiger charge is -2.17. The van der Waals surface area contributed by atoms with Gasteiger partial charge in [0, 0.05) is 23.9 Å². The predicted octanol–water partition coefficient (Wildman–Crippen LogP) is 1.21. The van der Waals surface area contributed by atoms with Crippen LogP contribution in [0.1, 0.15) is 20.8 Å². The van der Waals surface area contributed by atoms with Gasteiger partial charge in [-0.15, -0.1) is 0 Å².